The smallest absolute Gasteiger partial charge is 0.253 e. The number of rotatable bonds is 7. The van der Waals surface area contributed by atoms with Gasteiger partial charge in [-0.2, -0.15) is 0 Å². The Bertz CT molecular complexity index is 659. The number of carbonyl (C=O) groups excluding carboxylic acids is 1. The molecule has 1 aromatic carbocycles. The van der Waals surface area contributed by atoms with Gasteiger partial charge in [-0.25, -0.2) is 0 Å². The van der Waals surface area contributed by atoms with E-state index >= 15 is 0 Å². The van der Waals surface area contributed by atoms with Crippen molar-refractivity contribution in [1.82, 2.24) is 20.4 Å². The van der Waals surface area contributed by atoms with Crippen molar-refractivity contribution in [2.45, 2.75) is 57.9 Å². The second kappa shape index (κ2) is 12.6. The summed E-state index contributed by atoms with van der Waals surface area (Å²) >= 11 is 0. The Morgan fingerprint density at radius 2 is 1.53 bits per heavy atom. The molecule has 2 saturated heterocycles. The SMILES string of the molecule is CN=C(NCCCN1CCCCCC1)NCc1ccc(C(=O)N2CCCCC2)cc1. The molecule has 0 atom stereocenters. The molecule has 6 nitrogen and oxygen atoms in total. The summed E-state index contributed by atoms with van der Waals surface area (Å²) in [5, 5.41) is 6.80. The maximum absolute atomic E-state index is 12.6. The number of amides is 1. The molecule has 0 aromatic heterocycles. The molecule has 2 fully saturated rings. The molecule has 1 amide bonds. The summed E-state index contributed by atoms with van der Waals surface area (Å²) in [6, 6.07) is 7.98. The van der Waals surface area contributed by atoms with Crippen LogP contribution in [0.15, 0.2) is 29.3 Å². The van der Waals surface area contributed by atoms with E-state index in [9.17, 15) is 4.79 Å². The second-order valence-corrected chi connectivity index (χ2v) is 8.51. The number of carbonyl (C=O) groups is 1. The van der Waals surface area contributed by atoms with Crippen molar-refractivity contribution in [1.29, 1.82) is 0 Å². The molecule has 3 rings (SSSR count). The van der Waals surface area contributed by atoms with Gasteiger partial charge in [0.25, 0.3) is 5.91 Å². The van der Waals surface area contributed by atoms with Crippen molar-refractivity contribution >= 4 is 11.9 Å². The Morgan fingerprint density at radius 1 is 0.900 bits per heavy atom. The number of guanidine groups is 1. The minimum absolute atomic E-state index is 0.163. The van der Waals surface area contributed by atoms with Crippen molar-refractivity contribution in [3.63, 3.8) is 0 Å². The van der Waals surface area contributed by atoms with Crippen LogP contribution >= 0.6 is 0 Å². The lowest BCUT2D eigenvalue weighted by atomic mass is 10.1. The molecule has 2 aliphatic heterocycles. The lowest BCUT2D eigenvalue weighted by Gasteiger charge is -2.26. The largest absolute Gasteiger partial charge is 0.356 e. The van der Waals surface area contributed by atoms with Gasteiger partial charge < -0.3 is 20.4 Å². The van der Waals surface area contributed by atoms with Crippen LogP contribution in [0, 0.1) is 0 Å². The number of piperidine rings is 1. The molecule has 0 bridgehead atoms. The van der Waals surface area contributed by atoms with E-state index in [0.29, 0.717) is 6.54 Å². The van der Waals surface area contributed by atoms with Crippen LogP contribution in [0.25, 0.3) is 0 Å². The normalized spacial score (nSPS) is 18.7. The molecule has 0 saturated carbocycles. The summed E-state index contributed by atoms with van der Waals surface area (Å²) in [6.07, 6.45) is 10.1. The molecule has 6 heteroatoms. The molecular formula is C24H39N5O. The van der Waals surface area contributed by atoms with E-state index in [1.54, 1.807) is 0 Å². The number of hydrogen-bond donors (Lipinski definition) is 2. The molecule has 0 radical (unpaired) electrons. The molecule has 2 N–H and O–H groups in total. The van der Waals surface area contributed by atoms with E-state index in [1.165, 1.54) is 45.2 Å². The molecule has 0 spiro atoms. The Hall–Kier alpha value is -2.08. The van der Waals surface area contributed by atoms with Gasteiger partial charge in [0.2, 0.25) is 0 Å². The predicted octanol–water partition coefficient (Wildman–Crippen LogP) is 3.24. The summed E-state index contributed by atoms with van der Waals surface area (Å²) in [5.74, 6) is 0.996. The molecule has 2 heterocycles. The fourth-order valence-electron chi connectivity index (χ4n) is 4.32. The second-order valence-electron chi connectivity index (χ2n) is 8.51. The van der Waals surface area contributed by atoms with Gasteiger partial charge in [0.15, 0.2) is 5.96 Å². The third-order valence-corrected chi connectivity index (χ3v) is 6.17. The van der Waals surface area contributed by atoms with Crippen molar-refractivity contribution in [2.75, 3.05) is 46.3 Å². The monoisotopic (exact) mass is 413 g/mol. The van der Waals surface area contributed by atoms with Crippen molar-refractivity contribution in [3.05, 3.63) is 35.4 Å². The fourth-order valence-corrected chi connectivity index (χ4v) is 4.32. The molecule has 0 unspecified atom stereocenters. The Labute approximate surface area is 182 Å². The Balaban J connectivity index is 1.36. The highest BCUT2D eigenvalue weighted by Gasteiger charge is 2.17. The molecule has 1 aromatic rings. The maximum Gasteiger partial charge on any atom is 0.253 e. The number of hydrogen-bond acceptors (Lipinski definition) is 3. The zero-order valence-electron chi connectivity index (χ0n) is 18.7. The number of benzene rings is 1. The van der Waals surface area contributed by atoms with E-state index in [2.05, 4.69) is 20.5 Å². The maximum atomic E-state index is 12.6. The third kappa shape index (κ3) is 7.31. The van der Waals surface area contributed by atoms with E-state index in [-0.39, 0.29) is 5.91 Å². The molecule has 166 valence electrons. The number of nitrogens with zero attached hydrogens (tertiary/aromatic N) is 3. The predicted molar refractivity (Wildman–Crippen MR) is 124 cm³/mol. The van der Waals surface area contributed by atoms with Crippen LogP contribution in [0.4, 0.5) is 0 Å². The van der Waals surface area contributed by atoms with Crippen molar-refractivity contribution in [2.24, 2.45) is 4.99 Å². The van der Waals surface area contributed by atoms with Gasteiger partial charge in [0, 0.05) is 38.8 Å². The first-order valence-electron chi connectivity index (χ1n) is 11.8. The van der Waals surface area contributed by atoms with Crippen LogP contribution in [0.1, 0.15) is 67.3 Å². The van der Waals surface area contributed by atoms with Crippen molar-refractivity contribution in [3.8, 4) is 0 Å². The summed E-state index contributed by atoms with van der Waals surface area (Å²) < 4.78 is 0. The van der Waals surface area contributed by atoms with Crippen LogP contribution in [-0.4, -0.2) is 68.0 Å². The number of likely N-dealkylation sites (tertiary alicyclic amines) is 2. The lowest BCUT2D eigenvalue weighted by Crippen LogP contribution is -2.38. The molecule has 30 heavy (non-hydrogen) atoms. The van der Waals surface area contributed by atoms with E-state index in [1.807, 2.05) is 36.2 Å². The summed E-state index contributed by atoms with van der Waals surface area (Å²) in [7, 11) is 1.81. The molecular weight excluding hydrogens is 374 g/mol. The van der Waals surface area contributed by atoms with Crippen LogP contribution in [-0.2, 0) is 6.54 Å². The third-order valence-electron chi connectivity index (χ3n) is 6.17. The average molecular weight is 414 g/mol. The lowest BCUT2D eigenvalue weighted by molar-refractivity contribution is 0.0724. The van der Waals surface area contributed by atoms with Crippen LogP contribution in [0.5, 0.6) is 0 Å². The van der Waals surface area contributed by atoms with Gasteiger partial charge in [-0.3, -0.25) is 9.79 Å². The van der Waals surface area contributed by atoms with E-state index in [4.69, 9.17) is 0 Å². The molecule has 2 aliphatic rings. The first-order valence-corrected chi connectivity index (χ1v) is 11.8. The first kappa shape index (κ1) is 22.6. The molecule has 0 aliphatic carbocycles. The van der Waals surface area contributed by atoms with Gasteiger partial charge in [-0.05, 0) is 75.9 Å². The highest BCUT2D eigenvalue weighted by atomic mass is 16.2. The summed E-state index contributed by atoms with van der Waals surface area (Å²) in [5.41, 5.74) is 1.94. The van der Waals surface area contributed by atoms with Gasteiger partial charge in [-0.15, -0.1) is 0 Å². The van der Waals surface area contributed by atoms with E-state index in [0.717, 1.165) is 62.5 Å². The van der Waals surface area contributed by atoms with Gasteiger partial charge in [0.1, 0.15) is 0 Å². The van der Waals surface area contributed by atoms with Crippen LogP contribution in [0.3, 0.4) is 0 Å². The van der Waals surface area contributed by atoms with E-state index < -0.39 is 0 Å². The summed E-state index contributed by atoms with van der Waals surface area (Å²) in [6.45, 7) is 7.08. The number of aliphatic imine (C=N–C) groups is 1. The minimum atomic E-state index is 0.163. The van der Waals surface area contributed by atoms with Gasteiger partial charge in [0.05, 0.1) is 0 Å². The van der Waals surface area contributed by atoms with Crippen molar-refractivity contribution < 1.29 is 4.79 Å². The quantitative estimate of drug-likeness (QED) is 0.409. The topological polar surface area (TPSA) is 60.0 Å². The van der Waals surface area contributed by atoms with Crippen LogP contribution in [0.2, 0.25) is 0 Å². The zero-order chi connectivity index (χ0) is 21.0. The highest BCUT2D eigenvalue weighted by Crippen LogP contribution is 2.14. The standard InChI is InChI=1S/C24H39N5O/c1-25-24(26-14-9-17-28-15-5-2-3-6-16-28)27-20-21-10-12-22(13-11-21)23(30)29-18-7-4-8-19-29/h10-13H,2-9,14-20H2,1H3,(H2,25,26,27). The average Bonchev–Trinajstić information content (AvgIpc) is 3.08. The van der Waals surface area contributed by atoms with Crippen LogP contribution < -0.4 is 10.6 Å². The van der Waals surface area contributed by atoms with Gasteiger partial charge in [-0.1, -0.05) is 25.0 Å². The first-order chi connectivity index (χ1) is 14.8. The Kier molecular flexibility index (Phi) is 9.48. The minimum Gasteiger partial charge on any atom is -0.356 e. The fraction of sp³-hybridized carbons (Fsp3) is 0.667. The van der Waals surface area contributed by atoms with Gasteiger partial charge >= 0.3 is 0 Å². The zero-order valence-corrected chi connectivity index (χ0v) is 18.7. The highest BCUT2D eigenvalue weighted by molar-refractivity contribution is 5.94. The Morgan fingerprint density at radius 3 is 2.20 bits per heavy atom. The summed E-state index contributed by atoms with van der Waals surface area (Å²) in [4.78, 5) is 21.5. The number of nitrogens with one attached hydrogen (secondary N) is 2.